The average molecular weight is 493 g/mol. The lowest BCUT2D eigenvalue weighted by Gasteiger charge is -2.23. The molecule has 192 valence electrons. The van der Waals surface area contributed by atoms with Crippen LogP contribution in [0.5, 0.6) is 0 Å². The molecular weight excluding hydrogens is 456 g/mol. The molecule has 2 aromatic rings. The van der Waals surface area contributed by atoms with Crippen molar-refractivity contribution in [1.82, 2.24) is 0 Å². The number of anilines is 3. The second-order valence-corrected chi connectivity index (χ2v) is 8.65. The van der Waals surface area contributed by atoms with Crippen LogP contribution in [0.1, 0.15) is 25.0 Å². The molecule has 0 aliphatic heterocycles. The molecule has 36 heavy (non-hydrogen) atoms. The first-order valence-corrected chi connectivity index (χ1v) is 12.3. The highest BCUT2D eigenvalue weighted by atomic mass is 16.3. The highest BCUT2D eigenvalue weighted by Crippen LogP contribution is 2.28. The molecule has 0 spiro atoms. The third-order valence-corrected chi connectivity index (χ3v) is 6.21. The van der Waals surface area contributed by atoms with Crippen molar-refractivity contribution in [2.75, 3.05) is 54.5 Å². The number of nitrogens with one attached hydrogen (secondary N) is 1. The summed E-state index contributed by atoms with van der Waals surface area (Å²) in [6.07, 6.45) is 2.74. The Morgan fingerprint density at radius 3 is 1.97 bits per heavy atom. The standard InChI is InChI=1S/C28H36N4O4/c1-5-31(11-13-33)21-7-9-23(19(3)15-21)29-25-17-26(28(36)18-27(25)35)30-24-10-8-22(16-20(24)4)32(6-2)12-14-34/h7-10,15-18,29,33-34,36H,5-6,11-14H2,1-4H3/b30-26-. The van der Waals surface area contributed by atoms with Crippen molar-refractivity contribution in [2.45, 2.75) is 27.7 Å². The quantitative estimate of drug-likeness (QED) is 0.351. The minimum atomic E-state index is -0.333. The molecule has 1 aliphatic rings. The number of nitrogens with zero attached hydrogens (tertiary/aromatic N) is 3. The summed E-state index contributed by atoms with van der Waals surface area (Å²) in [5.74, 6) is -0.515. The van der Waals surface area contributed by atoms with Crippen LogP contribution in [0.25, 0.3) is 0 Å². The number of hydrogen-bond acceptors (Lipinski definition) is 8. The van der Waals surface area contributed by atoms with Gasteiger partial charge < -0.3 is 30.4 Å². The maximum absolute atomic E-state index is 12.6. The van der Waals surface area contributed by atoms with Crippen molar-refractivity contribution in [3.05, 3.63) is 71.1 Å². The first-order valence-electron chi connectivity index (χ1n) is 12.3. The molecule has 0 bridgehead atoms. The van der Waals surface area contributed by atoms with Crippen molar-refractivity contribution in [3.8, 4) is 0 Å². The molecule has 3 rings (SSSR count). The predicted octanol–water partition coefficient (Wildman–Crippen LogP) is 4.03. The lowest BCUT2D eigenvalue weighted by Crippen LogP contribution is -2.26. The fourth-order valence-corrected chi connectivity index (χ4v) is 4.15. The second kappa shape index (κ2) is 12.4. The SMILES string of the molecule is CCN(CCO)c1ccc(/N=C2/C=C(Nc3ccc(N(CC)CCO)cc3C)C(=O)C=C2O)c(C)c1. The molecule has 0 unspecified atom stereocenters. The van der Waals surface area contributed by atoms with Gasteiger partial charge in [-0.05, 0) is 81.3 Å². The van der Waals surface area contributed by atoms with Gasteiger partial charge in [-0.15, -0.1) is 0 Å². The molecule has 0 saturated heterocycles. The molecule has 2 aromatic carbocycles. The Kier molecular flexibility index (Phi) is 9.27. The lowest BCUT2D eigenvalue weighted by atomic mass is 10.1. The van der Waals surface area contributed by atoms with Crippen molar-refractivity contribution in [2.24, 2.45) is 4.99 Å². The van der Waals surface area contributed by atoms with E-state index in [9.17, 15) is 20.1 Å². The van der Waals surface area contributed by atoms with Crippen molar-refractivity contribution in [3.63, 3.8) is 0 Å². The molecule has 0 atom stereocenters. The van der Waals surface area contributed by atoms with Gasteiger partial charge in [0.05, 0.1) is 24.6 Å². The summed E-state index contributed by atoms with van der Waals surface area (Å²) < 4.78 is 0. The zero-order chi connectivity index (χ0) is 26.2. The smallest absolute Gasteiger partial charge is 0.205 e. The van der Waals surface area contributed by atoms with Crippen molar-refractivity contribution < 1.29 is 20.1 Å². The minimum Gasteiger partial charge on any atom is -0.506 e. The average Bonchev–Trinajstić information content (AvgIpc) is 2.86. The van der Waals surface area contributed by atoms with Crippen LogP contribution >= 0.6 is 0 Å². The topological polar surface area (TPSA) is 109 Å². The molecule has 1 aliphatic carbocycles. The number of hydrogen-bond donors (Lipinski definition) is 4. The van der Waals surface area contributed by atoms with E-state index in [0.717, 1.165) is 41.3 Å². The summed E-state index contributed by atoms with van der Waals surface area (Å²) >= 11 is 0. The van der Waals surface area contributed by atoms with Crippen LogP contribution in [0.3, 0.4) is 0 Å². The summed E-state index contributed by atoms with van der Waals surface area (Å²) in [6.45, 7) is 10.8. The third kappa shape index (κ3) is 6.33. The monoisotopic (exact) mass is 492 g/mol. The third-order valence-electron chi connectivity index (χ3n) is 6.21. The van der Waals surface area contributed by atoms with Crippen LogP contribution < -0.4 is 15.1 Å². The van der Waals surface area contributed by atoms with Gasteiger partial charge in [0.2, 0.25) is 5.78 Å². The molecule has 8 nitrogen and oxygen atoms in total. The molecule has 4 N–H and O–H groups in total. The molecule has 0 radical (unpaired) electrons. The summed E-state index contributed by atoms with van der Waals surface area (Å²) in [4.78, 5) is 21.4. The summed E-state index contributed by atoms with van der Waals surface area (Å²) in [7, 11) is 0. The normalized spacial score (nSPS) is 14.5. The molecule has 0 aromatic heterocycles. The molecule has 0 saturated carbocycles. The number of ketones is 1. The van der Waals surface area contributed by atoms with Crippen LogP contribution in [0.2, 0.25) is 0 Å². The number of aliphatic imine (C=N–C) groups is 1. The number of aliphatic hydroxyl groups is 3. The van der Waals surface area contributed by atoms with E-state index in [4.69, 9.17) is 0 Å². The van der Waals surface area contributed by atoms with Gasteiger partial charge in [-0.1, -0.05) is 0 Å². The van der Waals surface area contributed by atoms with E-state index < -0.39 is 0 Å². The van der Waals surface area contributed by atoms with Gasteiger partial charge in [-0.25, -0.2) is 4.99 Å². The zero-order valence-corrected chi connectivity index (χ0v) is 21.5. The molecular formula is C28H36N4O4. The number of carbonyl (C=O) groups excluding carboxylic acids is 1. The molecule has 0 amide bonds. The Labute approximate surface area is 212 Å². The number of rotatable bonds is 11. The maximum atomic E-state index is 12.6. The van der Waals surface area contributed by atoms with Crippen LogP contribution in [-0.4, -0.2) is 66.2 Å². The first-order chi connectivity index (χ1) is 17.3. The molecule has 0 heterocycles. The van der Waals surface area contributed by atoms with E-state index in [1.807, 2.05) is 64.1 Å². The number of likely N-dealkylation sites (N-methyl/N-ethyl adjacent to an activating group) is 2. The summed E-state index contributed by atoms with van der Waals surface area (Å²) in [6, 6.07) is 11.7. The largest absolute Gasteiger partial charge is 0.506 e. The first kappa shape index (κ1) is 27.0. The van der Waals surface area contributed by atoms with Gasteiger partial charge in [0.15, 0.2) is 0 Å². The fourth-order valence-electron chi connectivity index (χ4n) is 4.15. The Balaban J connectivity index is 1.87. The maximum Gasteiger partial charge on any atom is 0.205 e. The highest BCUT2D eigenvalue weighted by molar-refractivity contribution is 6.22. The van der Waals surface area contributed by atoms with E-state index in [1.165, 1.54) is 6.08 Å². The fraction of sp³-hybridized carbons (Fsp3) is 0.357. The number of carbonyl (C=O) groups is 1. The minimum absolute atomic E-state index is 0.0753. The summed E-state index contributed by atoms with van der Waals surface area (Å²) in [5, 5.41) is 32.2. The Morgan fingerprint density at radius 1 is 0.861 bits per heavy atom. The van der Waals surface area contributed by atoms with Crippen LogP contribution in [-0.2, 0) is 4.79 Å². The Hall–Kier alpha value is -3.62. The number of aliphatic hydroxyl groups excluding tert-OH is 3. The Morgan fingerprint density at radius 2 is 1.44 bits per heavy atom. The number of benzene rings is 2. The lowest BCUT2D eigenvalue weighted by molar-refractivity contribution is -0.111. The Bertz CT molecular complexity index is 1190. The van der Waals surface area contributed by atoms with Crippen LogP contribution in [0.15, 0.2) is 65.0 Å². The number of allylic oxidation sites excluding steroid dienone is 2. The van der Waals surface area contributed by atoms with E-state index in [-0.39, 0.29) is 24.8 Å². The van der Waals surface area contributed by atoms with Crippen molar-refractivity contribution >= 4 is 34.2 Å². The molecule has 0 fully saturated rings. The van der Waals surface area contributed by atoms with E-state index in [1.54, 1.807) is 6.08 Å². The van der Waals surface area contributed by atoms with Gasteiger partial charge in [0.25, 0.3) is 0 Å². The van der Waals surface area contributed by atoms with Gasteiger partial charge >= 0.3 is 0 Å². The van der Waals surface area contributed by atoms with E-state index in [2.05, 4.69) is 20.1 Å². The van der Waals surface area contributed by atoms with E-state index >= 15 is 0 Å². The zero-order valence-electron chi connectivity index (χ0n) is 21.5. The predicted molar refractivity (Wildman–Crippen MR) is 147 cm³/mol. The second-order valence-electron chi connectivity index (χ2n) is 8.65. The van der Waals surface area contributed by atoms with E-state index in [0.29, 0.717) is 30.2 Å². The van der Waals surface area contributed by atoms with Gasteiger partial charge in [-0.2, -0.15) is 0 Å². The highest BCUT2D eigenvalue weighted by Gasteiger charge is 2.20. The molecule has 8 heteroatoms. The van der Waals surface area contributed by atoms with Gasteiger partial charge in [0.1, 0.15) is 11.5 Å². The van der Waals surface area contributed by atoms with Gasteiger partial charge in [0, 0.05) is 49.3 Å². The van der Waals surface area contributed by atoms with Gasteiger partial charge in [-0.3, -0.25) is 4.79 Å². The number of aryl methyl sites for hydroxylation is 2. The van der Waals surface area contributed by atoms with Crippen molar-refractivity contribution in [1.29, 1.82) is 0 Å². The van der Waals surface area contributed by atoms with Crippen LogP contribution in [0.4, 0.5) is 22.7 Å². The summed E-state index contributed by atoms with van der Waals surface area (Å²) in [5.41, 5.74) is 5.93. The van der Waals surface area contributed by atoms with Crippen LogP contribution in [0, 0.1) is 13.8 Å².